The van der Waals surface area contributed by atoms with Crippen LogP contribution in [-0.4, -0.2) is 17.2 Å². The molecule has 0 saturated heterocycles. The van der Waals surface area contributed by atoms with Crippen LogP contribution in [0.25, 0.3) is 0 Å². The fourth-order valence-corrected chi connectivity index (χ4v) is 1.63. The second-order valence-electron chi connectivity index (χ2n) is 3.56. The van der Waals surface area contributed by atoms with Crippen molar-refractivity contribution in [3.8, 4) is 5.75 Å². The molecule has 1 rings (SSSR count). The Bertz CT molecular complexity index is 423. The molecule has 1 N–H and O–H groups in total. The van der Waals surface area contributed by atoms with Gasteiger partial charge in [-0.1, -0.05) is 15.9 Å². The van der Waals surface area contributed by atoms with Crippen LogP contribution >= 0.6 is 15.9 Å². The molecule has 0 aliphatic rings. The van der Waals surface area contributed by atoms with Crippen molar-refractivity contribution >= 4 is 21.9 Å². The van der Waals surface area contributed by atoms with E-state index in [1.807, 2.05) is 0 Å². The highest BCUT2D eigenvalue weighted by Crippen LogP contribution is 2.26. The van der Waals surface area contributed by atoms with Gasteiger partial charge in [-0.2, -0.15) is 4.39 Å². The fraction of sp³-hybridized carbons (Fsp3) is 0.364. The van der Waals surface area contributed by atoms with E-state index >= 15 is 0 Å². The van der Waals surface area contributed by atoms with Gasteiger partial charge in [-0.3, -0.25) is 4.79 Å². The van der Waals surface area contributed by atoms with Crippen LogP contribution in [0.4, 0.5) is 8.78 Å². The molecule has 1 aromatic carbocycles. The molecule has 0 bridgehead atoms. The van der Waals surface area contributed by atoms with Gasteiger partial charge in [0.25, 0.3) is 0 Å². The van der Waals surface area contributed by atoms with Crippen molar-refractivity contribution in [1.82, 2.24) is 0 Å². The number of hydrogen-bond acceptors (Lipinski definition) is 2. The molecule has 0 fully saturated rings. The summed E-state index contributed by atoms with van der Waals surface area (Å²) in [6, 6.07) is 2.29. The minimum absolute atomic E-state index is 0.0841. The molecule has 0 amide bonds. The van der Waals surface area contributed by atoms with Gasteiger partial charge in [0.2, 0.25) is 5.82 Å². The second kappa shape index (κ2) is 5.95. The number of halogens is 3. The Morgan fingerprint density at radius 3 is 2.76 bits per heavy atom. The van der Waals surface area contributed by atoms with E-state index in [9.17, 15) is 13.6 Å². The lowest BCUT2D eigenvalue weighted by Gasteiger charge is -2.14. The van der Waals surface area contributed by atoms with E-state index in [4.69, 9.17) is 9.84 Å². The predicted molar refractivity (Wildman–Crippen MR) is 61.0 cm³/mol. The van der Waals surface area contributed by atoms with Gasteiger partial charge in [0.05, 0.1) is 6.10 Å². The summed E-state index contributed by atoms with van der Waals surface area (Å²) in [5, 5.41) is 8.47. The van der Waals surface area contributed by atoms with Crippen LogP contribution in [0.2, 0.25) is 0 Å². The van der Waals surface area contributed by atoms with Gasteiger partial charge in [-0.15, -0.1) is 0 Å². The monoisotopic (exact) mass is 308 g/mol. The Morgan fingerprint density at radius 2 is 2.18 bits per heavy atom. The standard InChI is InChI=1S/C11H11BrF2O3/c1-6(2-3-10(15)16)17-9-5-7(12)4-8(13)11(9)14/h4-6H,2-3H2,1H3,(H,15,16). The van der Waals surface area contributed by atoms with E-state index in [1.54, 1.807) is 6.92 Å². The molecular formula is C11H11BrF2O3. The smallest absolute Gasteiger partial charge is 0.303 e. The first-order chi connectivity index (χ1) is 7.90. The maximum atomic E-state index is 13.3. The zero-order valence-electron chi connectivity index (χ0n) is 9.04. The van der Waals surface area contributed by atoms with E-state index in [0.29, 0.717) is 4.47 Å². The highest BCUT2D eigenvalue weighted by atomic mass is 79.9. The molecule has 3 nitrogen and oxygen atoms in total. The maximum Gasteiger partial charge on any atom is 0.303 e. The zero-order chi connectivity index (χ0) is 13.0. The summed E-state index contributed by atoms with van der Waals surface area (Å²) in [7, 11) is 0. The minimum Gasteiger partial charge on any atom is -0.487 e. The normalized spacial score (nSPS) is 12.2. The summed E-state index contributed by atoms with van der Waals surface area (Å²) >= 11 is 3.02. The van der Waals surface area contributed by atoms with E-state index in [2.05, 4.69) is 15.9 Å². The van der Waals surface area contributed by atoms with E-state index < -0.39 is 23.7 Å². The first kappa shape index (κ1) is 13.9. The molecule has 0 saturated carbocycles. The summed E-state index contributed by atoms with van der Waals surface area (Å²) in [5.74, 6) is -3.27. The molecule has 1 unspecified atom stereocenters. The minimum atomic E-state index is -1.07. The van der Waals surface area contributed by atoms with Gasteiger partial charge in [0.15, 0.2) is 11.6 Å². The molecule has 0 aliphatic carbocycles. The summed E-state index contributed by atoms with van der Waals surface area (Å²) < 4.78 is 31.8. The molecule has 6 heteroatoms. The first-order valence-electron chi connectivity index (χ1n) is 4.93. The summed E-state index contributed by atoms with van der Waals surface area (Å²) in [5.41, 5.74) is 0. The number of aliphatic carboxylic acids is 1. The summed E-state index contributed by atoms with van der Waals surface area (Å²) in [6.07, 6.45) is -0.364. The largest absolute Gasteiger partial charge is 0.487 e. The van der Waals surface area contributed by atoms with Gasteiger partial charge < -0.3 is 9.84 Å². The van der Waals surface area contributed by atoms with Crippen molar-refractivity contribution in [3.63, 3.8) is 0 Å². The van der Waals surface area contributed by atoms with Crippen LogP contribution < -0.4 is 4.74 Å². The van der Waals surface area contributed by atoms with Crippen molar-refractivity contribution in [2.45, 2.75) is 25.9 Å². The summed E-state index contributed by atoms with van der Waals surface area (Å²) in [4.78, 5) is 10.3. The third-order valence-electron chi connectivity index (χ3n) is 2.05. The third kappa shape index (κ3) is 4.30. The Kier molecular flexibility index (Phi) is 4.86. The molecule has 0 radical (unpaired) electrons. The average molecular weight is 309 g/mol. The molecule has 0 aromatic heterocycles. The number of carbonyl (C=O) groups is 1. The Hall–Kier alpha value is -1.17. The number of rotatable bonds is 5. The SMILES string of the molecule is CC(CCC(=O)O)Oc1cc(Br)cc(F)c1F. The zero-order valence-corrected chi connectivity index (χ0v) is 10.6. The van der Waals surface area contributed by atoms with Crippen molar-refractivity contribution in [3.05, 3.63) is 28.2 Å². The third-order valence-corrected chi connectivity index (χ3v) is 2.51. The van der Waals surface area contributed by atoms with Crippen LogP contribution in [0.3, 0.4) is 0 Å². The quantitative estimate of drug-likeness (QED) is 0.848. The predicted octanol–water partition coefficient (Wildman–Crippen LogP) is 3.36. The second-order valence-corrected chi connectivity index (χ2v) is 4.48. The molecule has 17 heavy (non-hydrogen) atoms. The Labute approximate surface area is 106 Å². The van der Waals surface area contributed by atoms with E-state index in [0.717, 1.165) is 6.07 Å². The van der Waals surface area contributed by atoms with Crippen molar-refractivity contribution in [2.75, 3.05) is 0 Å². The average Bonchev–Trinajstić information content (AvgIpc) is 2.22. The van der Waals surface area contributed by atoms with Crippen LogP contribution in [0.1, 0.15) is 19.8 Å². The van der Waals surface area contributed by atoms with Gasteiger partial charge >= 0.3 is 5.97 Å². The van der Waals surface area contributed by atoms with Crippen LogP contribution in [0.15, 0.2) is 16.6 Å². The van der Waals surface area contributed by atoms with Gasteiger partial charge in [-0.25, -0.2) is 4.39 Å². The van der Waals surface area contributed by atoms with Gasteiger partial charge in [-0.05, 0) is 25.5 Å². The van der Waals surface area contributed by atoms with Crippen LogP contribution in [0, 0.1) is 11.6 Å². The summed E-state index contributed by atoms with van der Waals surface area (Å²) in [6.45, 7) is 1.60. The molecular weight excluding hydrogens is 298 g/mol. The molecule has 0 spiro atoms. The molecule has 94 valence electrons. The Morgan fingerprint density at radius 1 is 1.53 bits per heavy atom. The number of carboxylic acids is 1. The first-order valence-corrected chi connectivity index (χ1v) is 5.72. The lowest BCUT2D eigenvalue weighted by molar-refractivity contribution is -0.137. The molecule has 1 atom stereocenters. The number of benzene rings is 1. The van der Waals surface area contributed by atoms with E-state index in [1.165, 1.54) is 6.07 Å². The maximum absolute atomic E-state index is 13.3. The van der Waals surface area contributed by atoms with Crippen LogP contribution in [0.5, 0.6) is 5.75 Å². The molecule has 1 aromatic rings. The highest BCUT2D eigenvalue weighted by Gasteiger charge is 2.14. The molecule has 0 heterocycles. The van der Waals surface area contributed by atoms with Crippen LogP contribution in [-0.2, 0) is 4.79 Å². The fourth-order valence-electron chi connectivity index (χ4n) is 1.22. The number of ether oxygens (including phenoxy) is 1. The van der Waals surface area contributed by atoms with Crippen molar-refractivity contribution in [1.29, 1.82) is 0 Å². The Balaban J connectivity index is 2.71. The number of carboxylic acid groups (broad SMARTS) is 1. The van der Waals surface area contributed by atoms with E-state index in [-0.39, 0.29) is 18.6 Å². The van der Waals surface area contributed by atoms with Crippen molar-refractivity contribution < 1.29 is 23.4 Å². The topological polar surface area (TPSA) is 46.5 Å². The van der Waals surface area contributed by atoms with Crippen molar-refractivity contribution in [2.24, 2.45) is 0 Å². The molecule has 0 aliphatic heterocycles. The van der Waals surface area contributed by atoms with Gasteiger partial charge in [0, 0.05) is 10.9 Å². The highest BCUT2D eigenvalue weighted by molar-refractivity contribution is 9.10. The number of hydrogen-bond donors (Lipinski definition) is 1. The lowest BCUT2D eigenvalue weighted by Crippen LogP contribution is -2.14. The lowest BCUT2D eigenvalue weighted by atomic mass is 10.2. The van der Waals surface area contributed by atoms with Gasteiger partial charge in [0.1, 0.15) is 0 Å².